The minimum atomic E-state index is -0.554. The van der Waals surface area contributed by atoms with Crippen LogP contribution in [0.2, 0.25) is 0 Å². The van der Waals surface area contributed by atoms with Crippen LogP contribution in [0.5, 0.6) is 0 Å². The molecule has 27 heavy (non-hydrogen) atoms. The Bertz CT molecular complexity index is 876. The van der Waals surface area contributed by atoms with Crippen LogP contribution in [0.25, 0.3) is 10.9 Å². The van der Waals surface area contributed by atoms with Gasteiger partial charge in [-0.1, -0.05) is 13.0 Å². The largest absolute Gasteiger partial charge is 0.444 e. The maximum absolute atomic E-state index is 14.6. The third-order valence-corrected chi connectivity index (χ3v) is 4.81. The number of rotatable bonds is 2. The van der Waals surface area contributed by atoms with Gasteiger partial charge < -0.3 is 15.0 Å². The molecule has 1 aliphatic heterocycles. The molecule has 144 valence electrons. The van der Waals surface area contributed by atoms with E-state index in [9.17, 15) is 9.18 Å². The number of pyridine rings is 1. The lowest BCUT2D eigenvalue weighted by atomic mass is 9.83. The van der Waals surface area contributed by atoms with Crippen LogP contribution in [0, 0.1) is 17.1 Å². The second-order valence-electron chi connectivity index (χ2n) is 8.33. The fraction of sp³-hybridized carbons (Fsp3) is 0.476. The Balaban J connectivity index is 1.98. The van der Waals surface area contributed by atoms with Gasteiger partial charge in [0.05, 0.1) is 11.1 Å². The first-order chi connectivity index (χ1) is 12.7. The van der Waals surface area contributed by atoms with E-state index in [1.165, 1.54) is 6.07 Å². The topological polar surface area (TPSA) is 66.3 Å². The molecule has 0 aliphatic carbocycles. The number of benzene rings is 1. The van der Waals surface area contributed by atoms with Crippen molar-refractivity contribution in [2.45, 2.75) is 45.6 Å². The van der Waals surface area contributed by atoms with Crippen molar-refractivity contribution in [3.05, 3.63) is 41.3 Å². The number of fused-ring (bicyclic) bond motifs is 1. The second kappa shape index (κ2) is 7.25. The van der Waals surface area contributed by atoms with E-state index in [1.54, 1.807) is 11.1 Å². The third kappa shape index (κ3) is 4.10. The van der Waals surface area contributed by atoms with E-state index in [-0.39, 0.29) is 23.5 Å². The molecule has 1 aromatic heterocycles. The van der Waals surface area contributed by atoms with Crippen molar-refractivity contribution in [3.8, 4) is 0 Å². The predicted molar refractivity (Wildman–Crippen MR) is 104 cm³/mol. The first-order valence-corrected chi connectivity index (χ1v) is 9.25. The van der Waals surface area contributed by atoms with Crippen LogP contribution in [-0.2, 0) is 4.74 Å². The number of aromatic nitrogens is 1. The first-order valence-electron chi connectivity index (χ1n) is 9.25. The molecule has 1 unspecified atom stereocenters. The summed E-state index contributed by atoms with van der Waals surface area (Å²) < 4.78 is 20.1. The Morgan fingerprint density at radius 2 is 2.15 bits per heavy atom. The van der Waals surface area contributed by atoms with Gasteiger partial charge in [0.2, 0.25) is 0 Å². The molecule has 0 saturated carbocycles. The lowest BCUT2D eigenvalue weighted by molar-refractivity contribution is 0.0152. The number of carbonyl (C=O) groups is 1. The summed E-state index contributed by atoms with van der Waals surface area (Å²) in [6.45, 7) is 8.74. The molecule has 2 heterocycles. The molecule has 0 spiro atoms. The molecule has 1 aliphatic rings. The van der Waals surface area contributed by atoms with Gasteiger partial charge in [0.1, 0.15) is 11.4 Å². The predicted octanol–water partition coefficient (Wildman–Crippen LogP) is 4.73. The summed E-state index contributed by atoms with van der Waals surface area (Å²) in [6.07, 6.45) is 3.13. The van der Waals surface area contributed by atoms with E-state index in [4.69, 9.17) is 10.1 Å². The molecular formula is C21H26FN3O2. The van der Waals surface area contributed by atoms with Crippen molar-refractivity contribution in [1.82, 2.24) is 9.88 Å². The average Bonchev–Trinajstić information content (AvgIpc) is 2.59. The van der Waals surface area contributed by atoms with Gasteiger partial charge in [-0.3, -0.25) is 4.98 Å². The standard InChI is InChI=1S/C21H26FN3O2/c1-13-8-14(12-25(11-13)20(26)27-21(2,3)4)16-9-18(22)17(10-23)19-15(16)6-5-7-24-19/h5-7,9-10,13-14,23H,8,11-12H2,1-4H3/t13-,14?/m1/s1. The van der Waals surface area contributed by atoms with Gasteiger partial charge >= 0.3 is 6.09 Å². The fourth-order valence-electron chi connectivity index (χ4n) is 3.79. The minimum absolute atomic E-state index is 0.0118. The number of hydrogen-bond acceptors (Lipinski definition) is 4. The van der Waals surface area contributed by atoms with Gasteiger partial charge in [0.25, 0.3) is 0 Å². The lowest BCUT2D eigenvalue weighted by Crippen LogP contribution is -2.45. The molecule has 0 bridgehead atoms. The Morgan fingerprint density at radius 1 is 1.41 bits per heavy atom. The van der Waals surface area contributed by atoms with Gasteiger partial charge in [-0.05, 0) is 50.8 Å². The van der Waals surface area contributed by atoms with E-state index < -0.39 is 11.4 Å². The van der Waals surface area contributed by atoms with Crippen molar-refractivity contribution in [1.29, 1.82) is 5.41 Å². The summed E-state index contributed by atoms with van der Waals surface area (Å²) >= 11 is 0. The molecule has 2 atom stereocenters. The summed E-state index contributed by atoms with van der Waals surface area (Å²) in [7, 11) is 0. The molecule has 1 aromatic carbocycles. The van der Waals surface area contributed by atoms with Crippen molar-refractivity contribution in [2.24, 2.45) is 5.92 Å². The Hall–Kier alpha value is -2.50. The number of hydrogen-bond donors (Lipinski definition) is 1. The maximum Gasteiger partial charge on any atom is 0.410 e. The molecule has 2 aromatic rings. The van der Waals surface area contributed by atoms with Crippen LogP contribution in [0.4, 0.5) is 9.18 Å². The molecule has 5 nitrogen and oxygen atoms in total. The quantitative estimate of drug-likeness (QED) is 0.776. The van der Waals surface area contributed by atoms with Gasteiger partial charge in [0.15, 0.2) is 0 Å². The lowest BCUT2D eigenvalue weighted by Gasteiger charge is -2.37. The number of likely N-dealkylation sites (tertiary alicyclic amines) is 1. The molecular weight excluding hydrogens is 345 g/mol. The number of halogens is 1. The van der Waals surface area contributed by atoms with Crippen LogP contribution < -0.4 is 0 Å². The highest BCUT2D eigenvalue weighted by Gasteiger charge is 2.32. The zero-order valence-electron chi connectivity index (χ0n) is 16.3. The molecule has 0 radical (unpaired) electrons. The zero-order valence-corrected chi connectivity index (χ0v) is 16.3. The van der Waals surface area contributed by atoms with Crippen LogP contribution >= 0.6 is 0 Å². The van der Waals surface area contributed by atoms with Gasteiger partial charge in [-0.25, -0.2) is 9.18 Å². The van der Waals surface area contributed by atoms with E-state index in [2.05, 4.69) is 11.9 Å². The Kier molecular flexibility index (Phi) is 5.18. The zero-order chi connectivity index (χ0) is 19.8. The van der Waals surface area contributed by atoms with E-state index >= 15 is 0 Å². The molecule has 3 rings (SSSR count). The molecule has 1 fully saturated rings. The summed E-state index contributed by atoms with van der Waals surface area (Å²) in [5.74, 6) is -0.191. The molecule has 6 heteroatoms. The SMILES string of the molecule is C[C@@H]1CC(c2cc(F)c(C=N)c3ncccc23)CN(C(=O)OC(C)(C)C)C1. The van der Waals surface area contributed by atoms with Crippen molar-refractivity contribution in [2.75, 3.05) is 13.1 Å². The van der Waals surface area contributed by atoms with Crippen molar-refractivity contribution >= 4 is 23.2 Å². The van der Waals surface area contributed by atoms with E-state index in [0.717, 1.165) is 23.6 Å². The number of ether oxygens (including phenoxy) is 1. The smallest absolute Gasteiger partial charge is 0.410 e. The number of piperidine rings is 1. The summed E-state index contributed by atoms with van der Waals surface area (Å²) in [5.41, 5.74) is 0.967. The molecule has 1 N–H and O–H groups in total. The monoisotopic (exact) mass is 371 g/mol. The van der Waals surface area contributed by atoms with E-state index in [1.807, 2.05) is 32.9 Å². The normalized spacial score (nSPS) is 20.6. The Morgan fingerprint density at radius 3 is 2.81 bits per heavy atom. The second-order valence-corrected chi connectivity index (χ2v) is 8.33. The average molecular weight is 371 g/mol. The highest BCUT2D eigenvalue weighted by molar-refractivity contribution is 5.98. The van der Waals surface area contributed by atoms with Crippen LogP contribution in [0.3, 0.4) is 0 Å². The van der Waals surface area contributed by atoms with Crippen LogP contribution in [0.15, 0.2) is 24.4 Å². The number of carbonyl (C=O) groups excluding carboxylic acids is 1. The van der Waals surface area contributed by atoms with Gasteiger partial charge in [-0.15, -0.1) is 0 Å². The number of nitrogens with one attached hydrogen (secondary N) is 1. The fourth-order valence-corrected chi connectivity index (χ4v) is 3.79. The maximum atomic E-state index is 14.6. The third-order valence-electron chi connectivity index (χ3n) is 4.81. The van der Waals surface area contributed by atoms with Gasteiger partial charge in [0, 0.05) is 36.8 Å². The summed E-state index contributed by atoms with van der Waals surface area (Å²) in [5, 5.41) is 8.34. The highest BCUT2D eigenvalue weighted by Crippen LogP contribution is 2.36. The highest BCUT2D eigenvalue weighted by atomic mass is 19.1. The van der Waals surface area contributed by atoms with E-state index in [0.29, 0.717) is 18.6 Å². The van der Waals surface area contributed by atoms with Crippen LogP contribution in [-0.4, -0.2) is 40.9 Å². The van der Waals surface area contributed by atoms with Crippen molar-refractivity contribution in [3.63, 3.8) is 0 Å². The number of amides is 1. The summed E-state index contributed by atoms with van der Waals surface area (Å²) in [6, 6.07) is 5.22. The van der Waals surface area contributed by atoms with Gasteiger partial charge in [-0.2, -0.15) is 0 Å². The first kappa shape index (κ1) is 19.3. The Labute approximate surface area is 159 Å². The summed E-state index contributed by atoms with van der Waals surface area (Å²) in [4.78, 5) is 18.6. The van der Waals surface area contributed by atoms with Crippen molar-refractivity contribution < 1.29 is 13.9 Å². The number of nitrogens with zero attached hydrogens (tertiary/aromatic N) is 2. The molecule has 1 saturated heterocycles. The molecule has 1 amide bonds. The minimum Gasteiger partial charge on any atom is -0.444 e. The van der Waals surface area contributed by atoms with Crippen LogP contribution in [0.1, 0.15) is 51.2 Å².